The molecular weight excluding hydrogens is 789 g/mol. The Morgan fingerprint density at radius 1 is 0.780 bits per heavy atom. The van der Waals surface area contributed by atoms with E-state index in [-0.39, 0.29) is 23.8 Å². The van der Waals surface area contributed by atoms with Crippen molar-refractivity contribution in [2.45, 2.75) is 50.9 Å². The van der Waals surface area contributed by atoms with Gasteiger partial charge in [0.15, 0.2) is 0 Å². The van der Waals surface area contributed by atoms with E-state index in [4.69, 9.17) is 14.5 Å². The van der Waals surface area contributed by atoms with Gasteiger partial charge in [-0.25, -0.2) is 19.6 Å². The highest BCUT2D eigenvalue weighted by atomic mass is 32.1. The zero-order valence-electron chi connectivity index (χ0n) is 32.9. The predicted octanol–water partition coefficient (Wildman–Crippen LogP) is 7.99. The monoisotopic (exact) mass is 832 g/mol. The van der Waals surface area contributed by atoms with Gasteiger partial charge in [-0.05, 0) is 35.4 Å². The molecule has 4 N–H and O–H groups in total. The highest BCUT2D eigenvalue weighted by molar-refractivity contribution is 7.27. The maximum atomic E-state index is 14.0. The van der Waals surface area contributed by atoms with Crippen molar-refractivity contribution >= 4 is 56.1 Å². The molecule has 0 spiro atoms. The number of hydrogen-bond acceptors (Lipinski definition) is 10. The van der Waals surface area contributed by atoms with E-state index in [1.165, 1.54) is 18.9 Å². The number of amides is 4. The van der Waals surface area contributed by atoms with E-state index in [1.54, 1.807) is 38.7 Å². The number of hydrogen-bond donors (Lipinski definition) is 4. The molecule has 2 aromatic carbocycles. The molecule has 0 radical (unpaired) electrons. The molecule has 1 saturated heterocycles. The topological polar surface area (TPSA) is 175 Å². The van der Waals surface area contributed by atoms with Crippen molar-refractivity contribution in [1.82, 2.24) is 40.4 Å². The molecule has 4 amide bonds. The molecular formula is C43H44N8O6S2. The number of thiophene rings is 2. The summed E-state index contributed by atoms with van der Waals surface area (Å²) >= 11 is 3.37. The second kappa shape index (κ2) is 16.9. The van der Waals surface area contributed by atoms with Gasteiger partial charge in [-0.2, -0.15) is 0 Å². The third kappa shape index (κ3) is 7.84. The Kier molecular flexibility index (Phi) is 11.3. The third-order valence-electron chi connectivity index (χ3n) is 10.9. The van der Waals surface area contributed by atoms with Gasteiger partial charge < -0.3 is 39.9 Å². The Morgan fingerprint density at radius 2 is 1.42 bits per heavy atom. The first-order valence-corrected chi connectivity index (χ1v) is 21.1. The number of methoxy groups -OCH3 is 2. The van der Waals surface area contributed by atoms with Gasteiger partial charge in [0.1, 0.15) is 29.8 Å². The van der Waals surface area contributed by atoms with Crippen LogP contribution in [-0.4, -0.2) is 87.1 Å². The van der Waals surface area contributed by atoms with Crippen molar-refractivity contribution in [3.8, 4) is 33.6 Å². The number of nitrogens with one attached hydrogen (secondary N) is 4. The highest BCUT2D eigenvalue weighted by Crippen LogP contribution is 2.44. The number of nitrogens with zero attached hydrogens (tertiary/aromatic N) is 4. The number of aromatic nitrogens is 4. The second-order valence-corrected chi connectivity index (χ2v) is 16.5. The number of carbonyl (C=O) groups is 4. The standard InChI is InChI=1S/C43H44N8O6S2/c1-24(2)34(48-42(54)56-3)40(52)50-18-8-12-32(50)38-44-20-30(46-38)26-16-14-25(15-17-26)28-22-58-37-29(23-59-36(28)37)31-21-45-39(47-31)33-13-9-19-51(33)41(53)35(49-43(55)57-4)27-10-6-5-7-11-27/h5-8,10-12,14-17,20-24,32-35H,9,13,18-19H2,1-4H3,(H,44,46)(H,45,47)(H,48,54)(H,49,55)/t32?,33-,34-,35+/m0/s1. The van der Waals surface area contributed by atoms with Crippen LogP contribution >= 0.6 is 22.7 Å². The molecule has 1 unspecified atom stereocenters. The minimum Gasteiger partial charge on any atom is -0.453 e. The van der Waals surface area contributed by atoms with Gasteiger partial charge in [-0.15, -0.1) is 22.7 Å². The van der Waals surface area contributed by atoms with Crippen LogP contribution in [0.3, 0.4) is 0 Å². The maximum absolute atomic E-state index is 14.0. The summed E-state index contributed by atoms with van der Waals surface area (Å²) in [7, 11) is 2.56. The van der Waals surface area contributed by atoms with Crippen molar-refractivity contribution in [3.63, 3.8) is 0 Å². The molecule has 8 rings (SSSR count). The van der Waals surface area contributed by atoms with Crippen molar-refractivity contribution in [2.24, 2.45) is 5.92 Å². The smallest absolute Gasteiger partial charge is 0.407 e. The van der Waals surface area contributed by atoms with Crippen LogP contribution in [0.25, 0.3) is 43.0 Å². The van der Waals surface area contributed by atoms with E-state index in [0.717, 1.165) is 51.2 Å². The first-order valence-electron chi connectivity index (χ1n) is 19.4. The van der Waals surface area contributed by atoms with E-state index in [9.17, 15) is 19.2 Å². The SMILES string of the molecule is COC(=O)N[C@H](C(=O)N1CC=CC1c1ncc(-c2ccc(-c3csc4c(-c5cnc([C@@H]6CCCN6C(=O)[C@H](NC(=O)OC)c6ccccc6)[nH]5)csc34)cc2)[nH]1)C(C)C. The van der Waals surface area contributed by atoms with E-state index >= 15 is 0 Å². The van der Waals surface area contributed by atoms with Gasteiger partial charge in [-0.3, -0.25) is 9.59 Å². The van der Waals surface area contributed by atoms with E-state index in [0.29, 0.717) is 30.3 Å². The molecule has 304 valence electrons. The van der Waals surface area contributed by atoms with Crippen LogP contribution in [0.2, 0.25) is 0 Å². The molecule has 2 aliphatic heterocycles. The molecule has 0 bridgehead atoms. The number of benzene rings is 2. The van der Waals surface area contributed by atoms with Crippen LogP contribution in [0.4, 0.5) is 9.59 Å². The number of H-pyrrole nitrogens is 2. The summed E-state index contributed by atoms with van der Waals surface area (Å²) in [6, 6.07) is 15.2. The van der Waals surface area contributed by atoms with E-state index in [2.05, 4.69) is 60.6 Å². The summed E-state index contributed by atoms with van der Waals surface area (Å²) < 4.78 is 11.9. The van der Waals surface area contributed by atoms with E-state index in [1.807, 2.05) is 62.5 Å². The molecule has 1 fully saturated rings. The predicted molar refractivity (Wildman–Crippen MR) is 226 cm³/mol. The van der Waals surface area contributed by atoms with Gasteiger partial charge in [-0.1, -0.05) is 80.6 Å². The van der Waals surface area contributed by atoms with Gasteiger partial charge in [0, 0.05) is 35.0 Å². The van der Waals surface area contributed by atoms with Crippen molar-refractivity contribution in [1.29, 1.82) is 0 Å². The van der Waals surface area contributed by atoms with Gasteiger partial charge in [0.2, 0.25) is 5.91 Å². The summed E-state index contributed by atoms with van der Waals surface area (Å²) in [5.74, 6) is 0.799. The lowest BCUT2D eigenvalue weighted by Gasteiger charge is -2.29. The Labute approximate surface area is 348 Å². The highest BCUT2D eigenvalue weighted by Gasteiger charge is 2.38. The van der Waals surface area contributed by atoms with Crippen LogP contribution in [-0.2, 0) is 19.1 Å². The molecule has 6 aromatic rings. The number of alkyl carbamates (subject to hydrolysis) is 2. The Bertz CT molecular complexity index is 2500. The lowest BCUT2D eigenvalue weighted by molar-refractivity contribution is -0.135. The lowest BCUT2D eigenvalue weighted by atomic mass is 10.0. The molecule has 59 heavy (non-hydrogen) atoms. The molecule has 14 nitrogen and oxygen atoms in total. The molecule has 4 atom stereocenters. The van der Waals surface area contributed by atoms with Crippen molar-refractivity contribution < 1.29 is 28.7 Å². The lowest BCUT2D eigenvalue weighted by Crippen LogP contribution is -2.51. The van der Waals surface area contributed by atoms with E-state index < -0.39 is 30.3 Å². The largest absolute Gasteiger partial charge is 0.453 e. The summed E-state index contributed by atoms with van der Waals surface area (Å²) in [6.45, 7) is 4.73. The minimum absolute atomic E-state index is 0.136. The summed E-state index contributed by atoms with van der Waals surface area (Å²) in [4.78, 5) is 71.6. The number of aromatic amines is 2. The Morgan fingerprint density at radius 3 is 2.15 bits per heavy atom. The molecule has 6 heterocycles. The van der Waals surface area contributed by atoms with Crippen molar-refractivity contribution in [3.05, 3.63) is 107 Å². The number of likely N-dealkylation sites (tertiary alicyclic amines) is 1. The van der Waals surface area contributed by atoms with Crippen LogP contribution in [0.5, 0.6) is 0 Å². The fourth-order valence-corrected chi connectivity index (χ4v) is 10.2. The van der Waals surface area contributed by atoms with Crippen LogP contribution < -0.4 is 10.6 Å². The molecule has 0 saturated carbocycles. The summed E-state index contributed by atoms with van der Waals surface area (Å²) in [6.07, 6.45) is 7.74. The van der Waals surface area contributed by atoms with Crippen LogP contribution in [0, 0.1) is 5.92 Å². The van der Waals surface area contributed by atoms with Gasteiger partial charge >= 0.3 is 12.2 Å². The second-order valence-electron chi connectivity index (χ2n) is 14.8. The van der Waals surface area contributed by atoms with Crippen LogP contribution in [0.1, 0.15) is 62.0 Å². The molecule has 16 heteroatoms. The number of fused-ring (bicyclic) bond motifs is 1. The Hall–Kier alpha value is -6.26. The van der Waals surface area contributed by atoms with Gasteiger partial charge in [0.25, 0.3) is 5.91 Å². The number of imidazole rings is 2. The molecule has 4 aromatic heterocycles. The molecule has 0 aliphatic carbocycles. The molecule has 2 aliphatic rings. The summed E-state index contributed by atoms with van der Waals surface area (Å²) in [5.41, 5.74) is 6.63. The first-order chi connectivity index (χ1) is 28.6. The van der Waals surface area contributed by atoms with Crippen LogP contribution in [0.15, 0.2) is 89.9 Å². The Balaban J connectivity index is 0.970. The zero-order chi connectivity index (χ0) is 41.2. The minimum atomic E-state index is -0.884. The fourth-order valence-electron chi connectivity index (χ4n) is 7.77. The zero-order valence-corrected chi connectivity index (χ0v) is 34.6. The quantitative estimate of drug-likeness (QED) is 0.0951. The fraction of sp³-hybridized carbons (Fsp3) is 0.302. The van der Waals surface area contributed by atoms with Crippen molar-refractivity contribution in [2.75, 3.05) is 27.3 Å². The average Bonchev–Trinajstić information content (AvgIpc) is 4.11. The normalized spacial score (nSPS) is 17.4. The third-order valence-corrected chi connectivity index (χ3v) is 13.0. The maximum Gasteiger partial charge on any atom is 0.407 e. The number of ether oxygens (including phenoxy) is 2. The number of carbonyl (C=O) groups excluding carboxylic acids is 4. The summed E-state index contributed by atoms with van der Waals surface area (Å²) in [5, 5.41) is 9.72. The first kappa shape index (κ1) is 39.6. The number of rotatable bonds is 11. The van der Waals surface area contributed by atoms with Gasteiger partial charge in [0.05, 0.1) is 53.4 Å². The average molecular weight is 833 g/mol.